The average Bonchev–Trinajstić information content (AvgIpc) is 2.57. The Balaban J connectivity index is 0.000000336. The summed E-state index contributed by atoms with van der Waals surface area (Å²) in [4.78, 5) is 8.08. The second-order valence-electron chi connectivity index (χ2n) is 2.00. The second kappa shape index (κ2) is 4.11. The third kappa shape index (κ3) is 1.58. The van der Waals surface area contributed by atoms with Crippen LogP contribution in [0.4, 0.5) is 0 Å². The molecule has 0 amide bonds. The van der Waals surface area contributed by atoms with Gasteiger partial charge in [0.25, 0.3) is 0 Å². The van der Waals surface area contributed by atoms with Crippen molar-refractivity contribution in [2.24, 2.45) is 0 Å². The molecule has 0 bridgehead atoms. The fraction of sp³-hybridized carbons (Fsp3) is 0.375. The fourth-order valence-corrected chi connectivity index (χ4v) is 1.46. The zero-order valence-electron chi connectivity index (χ0n) is 7.40. The van der Waals surface area contributed by atoms with Crippen LogP contribution in [0.2, 0.25) is 0 Å². The number of hydrogen-bond donors (Lipinski definition) is 0. The molecule has 3 nitrogen and oxygen atoms in total. The summed E-state index contributed by atoms with van der Waals surface area (Å²) >= 11 is 1.44. The van der Waals surface area contributed by atoms with Crippen LogP contribution in [-0.2, 0) is 0 Å². The van der Waals surface area contributed by atoms with Gasteiger partial charge >= 0.3 is 0 Å². The van der Waals surface area contributed by atoms with Crippen molar-refractivity contribution in [2.75, 3.05) is 0 Å². The molecule has 2 rings (SSSR count). The second-order valence-corrected chi connectivity index (χ2v) is 2.80. The molecule has 2 aromatic rings. The highest BCUT2D eigenvalue weighted by Crippen LogP contribution is 2.16. The normalized spacial score (nSPS) is 9.25. The van der Waals surface area contributed by atoms with Crippen molar-refractivity contribution in [3.8, 4) is 0 Å². The first-order valence-corrected chi connectivity index (χ1v) is 4.67. The lowest BCUT2D eigenvalue weighted by Gasteiger charge is -1.88. The molecular weight excluding hydrogens is 170 g/mol. The Bertz CT molecular complexity index is 356. The third-order valence-corrected chi connectivity index (χ3v) is 2.23. The van der Waals surface area contributed by atoms with Crippen LogP contribution in [0.5, 0.6) is 0 Å². The van der Waals surface area contributed by atoms with Crippen molar-refractivity contribution >= 4 is 21.7 Å². The topological polar surface area (TPSA) is 38.7 Å². The van der Waals surface area contributed by atoms with E-state index in [0.717, 1.165) is 15.9 Å². The molecule has 0 aliphatic carbocycles. The minimum absolute atomic E-state index is 0.942. The molecule has 0 fully saturated rings. The summed E-state index contributed by atoms with van der Waals surface area (Å²) in [6, 6.07) is 0. The molecule has 0 N–H and O–H groups in total. The molecule has 0 saturated carbocycles. The lowest BCUT2D eigenvalue weighted by Crippen LogP contribution is -1.80. The highest BCUT2D eigenvalue weighted by atomic mass is 32.1. The number of aryl methyl sites for hydroxylation is 1. The average molecular weight is 181 g/mol. The van der Waals surface area contributed by atoms with E-state index in [-0.39, 0.29) is 0 Å². The molecule has 0 radical (unpaired) electrons. The van der Waals surface area contributed by atoms with Crippen molar-refractivity contribution in [1.29, 1.82) is 0 Å². The first-order chi connectivity index (χ1) is 5.88. The Morgan fingerprint density at radius 1 is 1.25 bits per heavy atom. The van der Waals surface area contributed by atoms with Gasteiger partial charge in [-0.05, 0) is 18.5 Å². The first-order valence-electron chi connectivity index (χ1n) is 3.90. The Hall–Kier alpha value is -1.03. The molecule has 2 aromatic heterocycles. The molecule has 0 aromatic carbocycles. The summed E-state index contributed by atoms with van der Waals surface area (Å²) in [5.74, 6) is 0. The van der Waals surface area contributed by atoms with Crippen molar-refractivity contribution in [2.45, 2.75) is 20.8 Å². The van der Waals surface area contributed by atoms with Crippen molar-refractivity contribution in [3.63, 3.8) is 0 Å². The Kier molecular flexibility index (Phi) is 3.10. The van der Waals surface area contributed by atoms with Crippen molar-refractivity contribution in [1.82, 2.24) is 14.3 Å². The summed E-state index contributed by atoms with van der Waals surface area (Å²) in [6.07, 6.45) is 3.32. The summed E-state index contributed by atoms with van der Waals surface area (Å²) in [5, 5.41) is 0. The van der Waals surface area contributed by atoms with Gasteiger partial charge in [0.15, 0.2) is 0 Å². The summed E-state index contributed by atoms with van der Waals surface area (Å²) in [6.45, 7) is 5.96. The van der Waals surface area contributed by atoms with Crippen LogP contribution in [-0.4, -0.2) is 14.3 Å². The highest BCUT2D eigenvalue weighted by Gasteiger charge is 1.99. The van der Waals surface area contributed by atoms with E-state index in [9.17, 15) is 0 Å². The van der Waals surface area contributed by atoms with E-state index >= 15 is 0 Å². The number of nitrogens with zero attached hydrogens (tertiary/aromatic N) is 3. The lowest BCUT2D eigenvalue weighted by atomic mass is 10.4. The van der Waals surface area contributed by atoms with Crippen molar-refractivity contribution < 1.29 is 0 Å². The largest absolute Gasteiger partial charge is 0.240 e. The van der Waals surface area contributed by atoms with Gasteiger partial charge in [0, 0.05) is 0 Å². The molecule has 64 valence electrons. The standard InChI is InChI=1S/C6H5N3S.C2H6/c1-4-6-5(2-9-10-6)8-3-7-4;1-2/h2-3H,1H3;1-2H3. The minimum atomic E-state index is 0.942. The van der Waals surface area contributed by atoms with Crippen LogP contribution >= 0.6 is 11.5 Å². The van der Waals surface area contributed by atoms with Crippen LogP contribution in [0.3, 0.4) is 0 Å². The Morgan fingerprint density at radius 2 is 2.00 bits per heavy atom. The van der Waals surface area contributed by atoms with Gasteiger partial charge in [-0.1, -0.05) is 13.8 Å². The molecule has 0 spiro atoms. The molecule has 12 heavy (non-hydrogen) atoms. The highest BCUT2D eigenvalue weighted by molar-refractivity contribution is 7.13. The summed E-state index contributed by atoms with van der Waals surface area (Å²) in [7, 11) is 0. The minimum Gasteiger partial charge on any atom is -0.240 e. The van der Waals surface area contributed by atoms with E-state index in [1.54, 1.807) is 12.5 Å². The number of hydrogen-bond acceptors (Lipinski definition) is 4. The monoisotopic (exact) mass is 181 g/mol. The van der Waals surface area contributed by atoms with Crippen LogP contribution in [0.15, 0.2) is 12.5 Å². The van der Waals surface area contributed by atoms with Gasteiger partial charge in [0.1, 0.15) is 11.8 Å². The number of fused-ring (bicyclic) bond motifs is 1. The third-order valence-electron chi connectivity index (χ3n) is 1.33. The summed E-state index contributed by atoms with van der Waals surface area (Å²) < 4.78 is 5.09. The summed E-state index contributed by atoms with van der Waals surface area (Å²) in [5.41, 5.74) is 1.95. The van der Waals surface area contributed by atoms with Gasteiger partial charge in [0.05, 0.1) is 16.6 Å². The Morgan fingerprint density at radius 3 is 2.67 bits per heavy atom. The fourth-order valence-electron chi connectivity index (χ4n) is 0.814. The quantitative estimate of drug-likeness (QED) is 0.626. The van der Waals surface area contributed by atoms with Gasteiger partial charge in [-0.3, -0.25) is 0 Å². The molecule has 0 aliphatic heterocycles. The van der Waals surface area contributed by atoms with E-state index in [1.807, 2.05) is 20.8 Å². The van der Waals surface area contributed by atoms with Crippen LogP contribution < -0.4 is 0 Å². The maximum atomic E-state index is 4.04. The number of aromatic nitrogens is 3. The molecule has 0 aliphatic rings. The predicted octanol–water partition coefficient (Wildman–Crippen LogP) is 2.42. The van der Waals surface area contributed by atoms with Crippen LogP contribution in [0, 0.1) is 6.92 Å². The zero-order chi connectivity index (χ0) is 8.97. The van der Waals surface area contributed by atoms with Crippen LogP contribution in [0.1, 0.15) is 19.5 Å². The Labute approximate surface area is 75.7 Å². The predicted molar refractivity (Wildman–Crippen MR) is 51.3 cm³/mol. The van der Waals surface area contributed by atoms with E-state index in [0.29, 0.717) is 0 Å². The van der Waals surface area contributed by atoms with E-state index in [1.165, 1.54) is 11.5 Å². The SMILES string of the molecule is CC.Cc1ncnc2cnsc12. The van der Waals surface area contributed by atoms with E-state index in [4.69, 9.17) is 0 Å². The molecule has 0 saturated heterocycles. The van der Waals surface area contributed by atoms with Gasteiger partial charge in [-0.15, -0.1) is 0 Å². The maximum Gasteiger partial charge on any atom is 0.116 e. The molecule has 2 heterocycles. The van der Waals surface area contributed by atoms with E-state index < -0.39 is 0 Å². The molecule has 4 heteroatoms. The smallest absolute Gasteiger partial charge is 0.116 e. The number of rotatable bonds is 0. The lowest BCUT2D eigenvalue weighted by molar-refractivity contribution is 1.16. The van der Waals surface area contributed by atoms with Crippen molar-refractivity contribution in [3.05, 3.63) is 18.2 Å². The van der Waals surface area contributed by atoms with Gasteiger partial charge in [-0.2, -0.15) is 4.37 Å². The van der Waals surface area contributed by atoms with Gasteiger partial charge in [-0.25, -0.2) is 9.97 Å². The molecular formula is C8H11N3S. The molecule has 0 unspecified atom stereocenters. The van der Waals surface area contributed by atoms with Crippen LogP contribution in [0.25, 0.3) is 10.2 Å². The zero-order valence-corrected chi connectivity index (χ0v) is 8.22. The molecule has 0 atom stereocenters. The first kappa shape index (κ1) is 9.06. The maximum absolute atomic E-state index is 4.04. The van der Waals surface area contributed by atoms with Gasteiger partial charge < -0.3 is 0 Å². The van der Waals surface area contributed by atoms with E-state index in [2.05, 4.69) is 14.3 Å². The van der Waals surface area contributed by atoms with Gasteiger partial charge in [0.2, 0.25) is 0 Å².